The largest absolute Gasteiger partial charge is 0.354 e. The molecule has 7 heteroatoms. The van der Waals surface area contributed by atoms with Gasteiger partial charge < -0.3 is 15.5 Å². The van der Waals surface area contributed by atoms with E-state index in [1.807, 2.05) is 29.2 Å². The molecule has 3 N–H and O–H groups in total. The van der Waals surface area contributed by atoms with E-state index in [0.717, 1.165) is 55.4 Å². The maximum absolute atomic E-state index is 12.8. The minimum Gasteiger partial charge on any atom is -0.354 e. The molecule has 0 bridgehead atoms. The fourth-order valence-electron chi connectivity index (χ4n) is 4.15. The van der Waals surface area contributed by atoms with Gasteiger partial charge in [0.1, 0.15) is 0 Å². The van der Waals surface area contributed by atoms with Crippen LogP contribution >= 0.6 is 0 Å². The van der Waals surface area contributed by atoms with Crippen molar-refractivity contribution in [3.8, 4) is 0 Å². The molecular formula is C20H27N5O2. The molecule has 2 unspecified atom stereocenters. The number of H-pyrrole nitrogens is 1. The molecule has 2 aliphatic rings. The van der Waals surface area contributed by atoms with Gasteiger partial charge in [-0.05, 0) is 44.2 Å². The summed E-state index contributed by atoms with van der Waals surface area (Å²) >= 11 is 0. The number of rotatable bonds is 5. The lowest BCUT2D eigenvalue weighted by atomic mass is 9.97. The molecule has 0 spiro atoms. The minimum atomic E-state index is -0.0417. The highest BCUT2D eigenvalue weighted by molar-refractivity contribution is 5.87. The van der Waals surface area contributed by atoms with E-state index >= 15 is 0 Å². The van der Waals surface area contributed by atoms with Crippen molar-refractivity contribution in [3.05, 3.63) is 30.0 Å². The van der Waals surface area contributed by atoms with Gasteiger partial charge in [-0.15, -0.1) is 0 Å². The number of fused-ring (bicyclic) bond motifs is 1. The molecule has 7 nitrogen and oxygen atoms in total. The monoisotopic (exact) mass is 369 g/mol. The highest BCUT2D eigenvalue weighted by atomic mass is 16.2. The standard InChI is InChI=1S/C20H27N5O2/c26-19(11-18-15-6-1-2-7-16(15)23-24-18)25-10-4-5-14(13-25)12-22-20(27)17-8-3-9-21-17/h1-2,6-7,14,17,21H,3-5,8-13H2,(H,22,27)(H,23,24). The molecule has 1 aromatic heterocycles. The Morgan fingerprint density at radius 1 is 1.22 bits per heavy atom. The van der Waals surface area contributed by atoms with Crippen LogP contribution in [0.25, 0.3) is 10.9 Å². The number of hydrogen-bond donors (Lipinski definition) is 3. The summed E-state index contributed by atoms with van der Waals surface area (Å²) in [7, 11) is 0. The van der Waals surface area contributed by atoms with Gasteiger partial charge in [0.15, 0.2) is 0 Å². The number of nitrogens with one attached hydrogen (secondary N) is 3. The topological polar surface area (TPSA) is 90.1 Å². The van der Waals surface area contributed by atoms with E-state index < -0.39 is 0 Å². The van der Waals surface area contributed by atoms with Crippen LogP contribution < -0.4 is 10.6 Å². The van der Waals surface area contributed by atoms with E-state index in [0.29, 0.717) is 25.4 Å². The number of benzene rings is 1. The number of hydrogen-bond acceptors (Lipinski definition) is 4. The van der Waals surface area contributed by atoms with Crippen LogP contribution in [-0.4, -0.2) is 59.1 Å². The van der Waals surface area contributed by atoms with Crippen LogP contribution in [0.4, 0.5) is 0 Å². The van der Waals surface area contributed by atoms with Gasteiger partial charge in [0.05, 0.1) is 23.7 Å². The van der Waals surface area contributed by atoms with E-state index in [2.05, 4.69) is 20.8 Å². The van der Waals surface area contributed by atoms with Crippen LogP contribution in [0.5, 0.6) is 0 Å². The van der Waals surface area contributed by atoms with E-state index in [9.17, 15) is 9.59 Å². The number of carbonyl (C=O) groups excluding carboxylic acids is 2. The number of aromatic nitrogens is 2. The lowest BCUT2D eigenvalue weighted by molar-refractivity contribution is -0.132. The van der Waals surface area contributed by atoms with Crippen molar-refractivity contribution in [1.82, 2.24) is 25.7 Å². The molecule has 27 heavy (non-hydrogen) atoms. The average Bonchev–Trinajstić information content (AvgIpc) is 3.37. The first-order chi connectivity index (χ1) is 13.2. The molecule has 2 fully saturated rings. The summed E-state index contributed by atoms with van der Waals surface area (Å²) < 4.78 is 0. The Hall–Kier alpha value is -2.41. The molecule has 0 saturated carbocycles. The van der Waals surface area contributed by atoms with Gasteiger partial charge in [-0.1, -0.05) is 18.2 Å². The van der Waals surface area contributed by atoms with Gasteiger partial charge in [-0.2, -0.15) is 5.10 Å². The molecule has 3 heterocycles. The van der Waals surface area contributed by atoms with Gasteiger partial charge in [0.25, 0.3) is 0 Å². The second-order valence-corrected chi connectivity index (χ2v) is 7.64. The number of para-hydroxylation sites is 1. The van der Waals surface area contributed by atoms with Gasteiger partial charge in [0, 0.05) is 25.0 Å². The third kappa shape index (κ3) is 4.13. The molecular weight excluding hydrogens is 342 g/mol. The van der Waals surface area contributed by atoms with Gasteiger partial charge in [0.2, 0.25) is 11.8 Å². The molecule has 2 aliphatic heterocycles. The first kappa shape index (κ1) is 18.0. The Morgan fingerprint density at radius 2 is 2.11 bits per heavy atom. The zero-order valence-electron chi connectivity index (χ0n) is 15.5. The highest BCUT2D eigenvalue weighted by Gasteiger charge is 2.26. The van der Waals surface area contributed by atoms with Crippen LogP contribution in [0.2, 0.25) is 0 Å². The van der Waals surface area contributed by atoms with E-state index in [-0.39, 0.29) is 17.9 Å². The summed E-state index contributed by atoms with van der Waals surface area (Å²) in [5.41, 5.74) is 1.76. The number of nitrogens with zero attached hydrogens (tertiary/aromatic N) is 2. The normalized spacial score (nSPS) is 22.9. The quantitative estimate of drug-likeness (QED) is 0.739. The predicted octanol–water partition coefficient (Wildman–Crippen LogP) is 1.21. The first-order valence-corrected chi connectivity index (χ1v) is 9.91. The molecule has 4 rings (SSSR count). The summed E-state index contributed by atoms with van der Waals surface area (Å²) in [5.74, 6) is 0.546. The number of likely N-dealkylation sites (tertiary alicyclic amines) is 1. The van der Waals surface area contributed by atoms with Crippen molar-refractivity contribution in [3.63, 3.8) is 0 Å². The van der Waals surface area contributed by atoms with Crippen LogP contribution in [-0.2, 0) is 16.0 Å². The van der Waals surface area contributed by atoms with Crippen molar-refractivity contribution in [1.29, 1.82) is 0 Å². The molecule has 0 radical (unpaired) electrons. The molecule has 2 amide bonds. The molecule has 0 aliphatic carbocycles. The van der Waals surface area contributed by atoms with Crippen LogP contribution in [0.1, 0.15) is 31.4 Å². The summed E-state index contributed by atoms with van der Waals surface area (Å²) in [6.07, 6.45) is 4.35. The van der Waals surface area contributed by atoms with Gasteiger partial charge in [-0.25, -0.2) is 0 Å². The second-order valence-electron chi connectivity index (χ2n) is 7.64. The first-order valence-electron chi connectivity index (χ1n) is 9.91. The maximum Gasteiger partial charge on any atom is 0.237 e. The average molecular weight is 369 g/mol. The highest BCUT2D eigenvalue weighted by Crippen LogP contribution is 2.20. The number of amides is 2. The molecule has 2 saturated heterocycles. The van der Waals surface area contributed by atoms with Gasteiger partial charge in [-0.3, -0.25) is 14.7 Å². The Morgan fingerprint density at radius 3 is 2.96 bits per heavy atom. The summed E-state index contributed by atoms with van der Waals surface area (Å²) in [6.45, 7) is 3.07. The Labute approximate surface area is 158 Å². The van der Waals surface area contributed by atoms with E-state index in [1.165, 1.54) is 0 Å². The van der Waals surface area contributed by atoms with Crippen molar-refractivity contribution in [2.45, 2.75) is 38.1 Å². The van der Waals surface area contributed by atoms with Crippen molar-refractivity contribution in [2.75, 3.05) is 26.2 Å². The van der Waals surface area contributed by atoms with Crippen LogP contribution in [0, 0.1) is 5.92 Å². The summed E-state index contributed by atoms with van der Waals surface area (Å²) in [4.78, 5) is 26.9. The lowest BCUT2D eigenvalue weighted by Gasteiger charge is -2.33. The second kappa shape index (κ2) is 8.08. The van der Waals surface area contributed by atoms with Crippen LogP contribution in [0.3, 0.4) is 0 Å². The predicted molar refractivity (Wildman–Crippen MR) is 103 cm³/mol. The SMILES string of the molecule is O=C(NCC1CCCN(C(=O)Cc2[nH]nc3ccccc23)C1)C1CCCN1. The fraction of sp³-hybridized carbons (Fsp3) is 0.550. The van der Waals surface area contributed by atoms with E-state index in [1.54, 1.807) is 0 Å². The van der Waals surface area contributed by atoms with E-state index in [4.69, 9.17) is 0 Å². The lowest BCUT2D eigenvalue weighted by Crippen LogP contribution is -2.47. The number of piperidine rings is 1. The zero-order valence-corrected chi connectivity index (χ0v) is 15.5. The molecule has 2 aromatic rings. The molecule has 2 atom stereocenters. The molecule has 1 aromatic carbocycles. The van der Waals surface area contributed by atoms with Crippen molar-refractivity contribution >= 4 is 22.7 Å². The zero-order chi connectivity index (χ0) is 18.6. The maximum atomic E-state index is 12.8. The smallest absolute Gasteiger partial charge is 0.237 e. The number of carbonyl (C=O) groups is 2. The Balaban J connectivity index is 1.31. The molecule has 144 valence electrons. The summed E-state index contributed by atoms with van der Waals surface area (Å²) in [6, 6.07) is 7.80. The summed E-state index contributed by atoms with van der Waals surface area (Å²) in [5, 5.41) is 14.6. The third-order valence-electron chi connectivity index (χ3n) is 5.68. The Bertz CT molecular complexity index is 812. The Kier molecular flexibility index (Phi) is 5.38. The van der Waals surface area contributed by atoms with Crippen molar-refractivity contribution in [2.24, 2.45) is 5.92 Å². The fourth-order valence-corrected chi connectivity index (χ4v) is 4.15. The van der Waals surface area contributed by atoms with Crippen molar-refractivity contribution < 1.29 is 9.59 Å². The number of aromatic amines is 1. The third-order valence-corrected chi connectivity index (χ3v) is 5.68. The minimum absolute atomic E-state index is 0.0417. The van der Waals surface area contributed by atoms with Crippen LogP contribution in [0.15, 0.2) is 24.3 Å². The van der Waals surface area contributed by atoms with Gasteiger partial charge >= 0.3 is 0 Å².